The third kappa shape index (κ3) is 4.83. The Morgan fingerprint density at radius 3 is 2.37 bits per heavy atom. The molecule has 156 valence electrons. The van der Waals surface area contributed by atoms with Gasteiger partial charge in [-0.2, -0.15) is 5.10 Å². The van der Waals surface area contributed by atoms with Gasteiger partial charge in [0, 0.05) is 5.56 Å². The minimum absolute atomic E-state index is 0.177. The van der Waals surface area contributed by atoms with E-state index in [4.69, 9.17) is 18.9 Å². The summed E-state index contributed by atoms with van der Waals surface area (Å²) in [5.74, 6) is 1.66. The second kappa shape index (κ2) is 9.98. The molecule has 0 aliphatic rings. The maximum atomic E-state index is 12.1. The highest BCUT2D eigenvalue weighted by atomic mass is 79.9. The fraction of sp³-hybridized carbons (Fsp3) is 0.182. The average Bonchev–Trinajstić information content (AvgIpc) is 2.78. The van der Waals surface area contributed by atoms with Crippen molar-refractivity contribution >= 4 is 38.8 Å². The number of rotatable bonds is 8. The molecular weight excluding hydrogens is 452 g/mol. The number of nitrogens with one attached hydrogen (secondary N) is 1. The Labute approximate surface area is 182 Å². The number of amides is 1. The number of nitrogens with zero attached hydrogens (tertiary/aromatic N) is 1. The first-order chi connectivity index (χ1) is 14.6. The van der Waals surface area contributed by atoms with Gasteiger partial charge in [-0.15, -0.1) is 0 Å². The summed E-state index contributed by atoms with van der Waals surface area (Å²) in [4.78, 5) is 12.1. The molecule has 0 aliphatic carbocycles. The number of carbonyl (C=O) groups is 1. The van der Waals surface area contributed by atoms with Crippen LogP contribution < -0.4 is 24.4 Å². The minimum Gasteiger partial charge on any atom is -0.493 e. The third-order valence-corrected chi connectivity index (χ3v) is 5.09. The Balaban J connectivity index is 1.62. The molecular formula is C22H21BrN2O5. The van der Waals surface area contributed by atoms with Gasteiger partial charge in [-0.25, -0.2) is 5.43 Å². The van der Waals surface area contributed by atoms with Gasteiger partial charge in [0.15, 0.2) is 18.1 Å². The lowest BCUT2D eigenvalue weighted by atomic mass is 10.1. The van der Waals surface area contributed by atoms with Crippen LogP contribution in [0.25, 0.3) is 10.8 Å². The number of ether oxygens (including phenoxy) is 4. The fourth-order valence-corrected chi connectivity index (χ4v) is 3.46. The second-order valence-corrected chi connectivity index (χ2v) is 6.93. The predicted octanol–water partition coefficient (Wildman–Crippen LogP) is 4.16. The number of hydrazone groups is 1. The van der Waals surface area contributed by atoms with E-state index < -0.39 is 5.91 Å². The molecule has 1 amide bonds. The first-order valence-corrected chi connectivity index (χ1v) is 9.78. The SMILES string of the molecule is COc1cc(C=NNC(=O)COc2ccc3ccccc3c2Br)cc(OC)c1OC. The number of hydrogen-bond acceptors (Lipinski definition) is 6. The lowest BCUT2D eigenvalue weighted by molar-refractivity contribution is -0.123. The van der Waals surface area contributed by atoms with Gasteiger partial charge in [0.2, 0.25) is 5.75 Å². The van der Waals surface area contributed by atoms with Crippen molar-refractivity contribution in [2.24, 2.45) is 5.10 Å². The molecule has 8 heteroatoms. The zero-order valence-corrected chi connectivity index (χ0v) is 18.4. The maximum Gasteiger partial charge on any atom is 0.277 e. The molecule has 7 nitrogen and oxygen atoms in total. The van der Waals surface area contributed by atoms with Gasteiger partial charge >= 0.3 is 0 Å². The molecule has 0 heterocycles. The van der Waals surface area contributed by atoms with Crippen molar-refractivity contribution in [2.75, 3.05) is 27.9 Å². The molecule has 3 aromatic rings. The number of benzene rings is 3. The Bertz CT molecular complexity index is 1060. The van der Waals surface area contributed by atoms with E-state index in [2.05, 4.69) is 26.5 Å². The van der Waals surface area contributed by atoms with Crippen LogP contribution in [-0.4, -0.2) is 40.1 Å². The first kappa shape index (κ1) is 21.4. The molecule has 0 bridgehead atoms. The van der Waals surface area contributed by atoms with Crippen LogP contribution in [0.1, 0.15) is 5.56 Å². The Morgan fingerprint density at radius 1 is 1.00 bits per heavy atom. The van der Waals surface area contributed by atoms with E-state index in [1.807, 2.05) is 36.4 Å². The van der Waals surface area contributed by atoms with E-state index in [1.165, 1.54) is 27.5 Å². The second-order valence-electron chi connectivity index (χ2n) is 6.14. The largest absolute Gasteiger partial charge is 0.493 e. The van der Waals surface area contributed by atoms with Crippen molar-refractivity contribution in [1.82, 2.24) is 5.43 Å². The molecule has 30 heavy (non-hydrogen) atoms. The quantitative estimate of drug-likeness (QED) is 0.393. The van der Waals surface area contributed by atoms with E-state index in [9.17, 15) is 4.79 Å². The van der Waals surface area contributed by atoms with E-state index in [0.717, 1.165) is 15.2 Å². The summed E-state index contributed by atoms with van der Waals surface area (Å²) < 4.78 is 22.3. The summed E-state index contributed by atoms with van der Waals surface area (Å²) in [5, 5.41) is 6.05. The van der Waals surface area contributed by atoms with Gasteiger partial charge in [-0.1, -0.05) is 30.3 Å². The smallest absolute Gasteiger partial charge is 0.277 e. The molecule has 0 atom stereocenters. The normalized spacial score (nSPS) is 10.8. The molecule has 0 aliphatic heterocycles. The lowest BCUT2D eigenvalue weighted by Gasteiger charge is -2.12. The first-order valence-electron chi connectivity index (χ1n) is 8.99. The van der Waals surface area contributed by atoms with Crippen LogP contribution in [0.5, 0.6) is 23.0 Å². The highest BCUT2D eigenvalue weighted by Crippen LogP contribution is 2.37. The van der Waals surface area contributed by atoms with Crippen LogP contribution in [0.4, 0.5) is 0 Å². The molecule has 0 unspecified atom stereocenters. The summed E-state index contributed by atoms with van der Waals surface area (Å²) in [6.07, 6.45) is 1.48. The lowest BCUT2D eigenvalue weighted by Crippen LogP contribution is -2.24. The number of carbonyl (C=O) groups excluding carboxylic acids is 1. The van der Waals surface area contributed by atoms with Crippen LogP contribution in [-0.2, 0) is 4.79 Å². The van der Waals surface area contributed by atoms with Gasteiger partial charge in [-0.3, -0.25) is 4.79 Å². The summed E-state index contributed by atoms with van der Waals surface area (Å²) in [6.45, 7) is -0.177. The molecule has 0 saturated heterocycles. The predicted molar refractivity (Wildman–Crippen MR) is 119 cm³/mol. The number of methoxy groups -OCH3 is 3. The molecule has 0 spiro atoms. The maximum absolute atomic E-state index is 12.1. The van der Waals surface area contributed by atoms with Crippen LogP contribution in [0.3, 0.4) is 0 Å². The molecule has 3 rings (SSSR count). The van der Waals surface area contributed by atoms with Crippen molar-refractivity contribution in [3.05, 3.63) is 58.6 Å². The molecule has 3 aromatic carbocycles. The summed E-state index contributed by atoms with van der Waals surface area (Å²) in [6, 6.07) is 15.1. The summed E-state index contributed by atoms with van der Waals surface area (Å²) in [7, 11) is 4.59. The van der Waals surface area contributed by atoms with Crippen molar-refractivity contribution < 1.29 is 23.7 Å². The molecule has 1 N–H and O–H groups in total. The highest BCUT2D eigenvalue weighted by molar-refractivity contribution is 9.10. The molecule has 0 saturated carbocycles. The average molecular weight is 473 g/mol. The van der Waals surface area contributed by atoms with E-state index in [0.29, 0.717) is 28.6 Å². The third-order valence-electron chi connectivity index (χ3n) is 4.28. The van der Waals surface area contributed by atoms with Crippen LogP contribution in [0, 0.1) is 0 Å². The van der Waals surface area contributed by atoms with E-state index in [-0.39, 0.29) is 6.61 Å². The number of halogens is 1. The van der Waals surface area contributed by atoms with E-state index >= 15 is 0 Å². The molecule has 0 radical (unpaired) electrons. The molecule has 0 fully saturated rings. The molecule has 0 aromatic heterocycles. The van der Waals surface area contributed by atoms with Gasteiger partial charge < -0.3 is 18.9 Å². The zero-order chi connectivity index (χ0) is 21.5. The fourth-order valence-electron chi connectivity index (χ4n) is 2.86. The minimum atomic E-state index is -0.390. The van der Waals surface area contributed by atoms with Crippen molar-refractivity contribution in [3.8, 4) is 23.0 Å². The standard InChI is InChI=1S/C22H21BrN2O5/c1-27-18-10-14(11-19(28-2)22(18)29-3)12-24-25-20(26)13-30-17-9-8-15-6-4-5-7-16(15)21(17)23/h4-12H,13H2,1-3H3,(H,25,26). The van der Waals surface area contributed by atoms with Gasteiger partial charge in [0.05, 0.1) is 32.0 Å². The van der Waals surface area contributed by atoms with Gasteiger partial charge in [0.25, 0.3) is 5.91 Å². The van der Waals surface area contributed by atoms with Gasteiger partial charge in [0.1, 0.15) is 5.75 Å². The summed E-state index contributed by atoms with van der Waals surface area (Å²) in [5.41, 5.74) is 3.11. The van der Waals surface area contributed by atoms with Crippen molar-refractivity contribution in [3.63, 3.8) is 0 Å². The Kier molecular flexibility index (Phi) is 7.13. The van der Waals surface area contributed by atoms with Crippen LogP contribution in [0.2, 0.25) is 0 Å². The number of hydrogen-bond donors (Lipinski definition) is 1. The van der Waals surface area contributed by atoms with Crippen molar-refractivity contribution in [1.29, 1.82) is 0 Å². The van der Waals surface area contributed by atoms with Gasteiger partial charge in [-0.05, 0) is 44.9 Å². The van der Waals surface area contributed by atoms with E-state index in [1.54, 1.807) is 12.1 Å². The highest BCUT2D eigenvalue weighted by Gasteiger charge is 2.12. The van der Waals surface area contributed by atoms with Crippen LogP contribution in [0.15, 0.2) is 58.1 Å². The number of fused-ring (bicyclic) bond motifs is 1. The van der Waals surface area contributed by atoms with Crippen LogP contribution >= 0.6 is 15.9 Å². The van der Waals surface area contributed by atoms with Crippen molar-refractivity contribution in [2.45, 2.75) is 0 Å². The monoisotopic (exact) mass is 472 g/mol. The summed E-state index contributed by atoms with van der Waals surface area (Å²) >= 11 is 3.53. The zero-order valence-electron chi connectivity index (χ0n) is 16.8. The topological polar surface area (TPSA) is 78.4 Å². The Hall–Kier alpha value is -3.26. The Morgan fingerprint density at radius 2 is 1.70 bits per heavy atom.